The third kappa shape index (κ3) is 4.33. The summed E-state index contributed by atoms with van der Waals surface area (Å²) >= 11 is 6.23. The molecular weight excluding hydrogens is 351 g/mol. The quantitative estimate of drug-likeness (QED) is 0.848. The fourth-order valence-electron chi connectivity index (χ4n) is 2.50. The van der Waals surface area contributed by atoms with E-state index in [2.05, 4.69) is 4.72 Å². The van der Waals surface area contributed by atoms with Gasteiger partial charge in [-0.25, -0.2) is 17.5 Å². The van der Waals surface area contributed by atoms with Gasteiger partial charge in [-0.3, -0.25) is 0 Å². The Hall–Kier alpha value is -1.47. The van der Waals surface area contributed by atoms with E-state index in [1.807, 2.05) is 37.2 Å². The molecule has 0 aromatic heterocycles. The Morgan fingerprint density at radius 3 is 2.46 bits per heavy atom. The number of sulfonamides is 1. The molecule has 0 aliphatic carbocycles. The van der Waals surface area contributed by atoms with Crippen LogP contribution in [-0.4, -0.2) is 34.0 Å². The number of nitrogens with one attached hydrogen (secondary N) is 1. The molecule has 1 unspecified atom stereocenters. The molecule has 0 saturated heterocycles. The van der Waals surface area contributed by atoms with Gasteiger partial charge in [0.25, 0.3) is 0 Å². The van der Waals surface area contributed by atoms with Crippen molar-refractivity contribution in [3.05, 3.63) is 64.4 Å². The second-order valence-corrected chi connectivity index (χ2v) is 7.91. The molecular formula is C17H20ClFN2O2S. The van der Waals surface area contributed by atoms with E-state index in [1.54, 1.807) is 13.0 Å². The number of aryl methyl sites for hydroxylation is 1. The van der Waals surface area contributed by atoms with Gasteiger partial charge in [-0.05, 0) is 56.4 Å². The number of rotatable bonds is 6. The minimum atomic E-state index is -3.74. The van der Waals surface area contributed by atoms with Crippen LogP contribution in [0.3, 0.4) is 0 Å². The lowest BCUT2D eigenvalue weighted by atomic mass is 10.1. The monoisotopic (exact) mass is 370 g/mol. The van der Waals surface area contributed by atoms with E-state index < -0.39 is 15.8 Å². The lowest BCUT2D eigenvalue weighted by Crippen LogP contribution is -2.35. The van der Waals surface area contributed by atoms with Gasteiger partial charge in [-0.2, -0.15) is 0 Å². The molecule has 7 heteroatoms. The van der Waals surface area contributed by atoms with E-state index in [4.69, 9.17) is 11.6 Å². The fraction of sp³-hybridized carbons (Fsp3) is 0.294. The second kappa shape index (κ2) is 7.61. The highest BCUT2D eigenvalue weighted by Crippen LogP contribution is 2.26. The molecule has 0 amide bonds. The van der Waals surface area contributed by atoms with Crippen LogP contribution in [0.25, 0.3) is 0 Å². The maximum absolute atomic E-state index is 13.2. The van der Waals surface area contributed by atoms with E-state index in [9.17, 15) is 12.8 Å². The Bertz CT molecular complexity index is 825. The zero-order valence-corrected chi connectivity index (χ0v) is 15.3. The van der Waals surface area contributed by atoms with Crippen LogP contribution in [0.4, 0.5) is 4.39 Å². The molecule has 0 radical (unpaired) electrons. The normalized spacial score (nSPS) is 13.2. The fourth-order valence-corrected chi connectivity index (χ4v) is 4.02. The van der Waals surface area contributed by atoms with Gasteiger partial charge in [0.15, 0.2) is 0 Å². The first-order chi connectivity index (χ1) is 11.2. The molecule has 0 fully saturated rings. The third-order valence-corrected chi connectivity index (χ3v) is 5.71. The van der Waals surface area contributed by atoms with E-state index in [-0.39, 0.29) is 17.5 Å². The van der Waals surface area contributed by atoms with E-state index in [1.165, 1.54) is 12.1 Å². The van der Waals surface area contributed by atoms with Crippen molar-refractivity contribution >= 4 is 21.6 Å². The number of benzene rings is 2. The molecule has 130 valence electrons. The predicted octanol–water partition coefficient (Wildman–Crippen LogP) is 3.37. The first-order valence-electron chi connectivity index (χ1n) is 7.39. The average Bonchev–Trinajstić information content (AvgIpc) is 2.48. The molecule has 0 aliphatic rings. The Balaban J connectivity index is 2.24. The van der Waals surface area contributed by atoms with Crippen molar-refractivity contribution in [2.75, 3.05) is 20.6 Å². The summed E-state index contributed by atoms with van der Waals surface area (Å²) < 4.78 is 40.8. The van der Waals surface area contributed by atoms with E-state index >= 15 is 0 Å². The number of nitrogens with zero attached hydrogens (tertiary/aromatic N) is 1. The van der Waals surface area contributed by atoms with Gasteiger partial charge in [0.05, 0.1) is 4.90 Å². The smallest absolute Gasteiger partial charge is 0.240 e. The minimum absolute atomic E-state index is 0.0700. The van der Waals surface area contributed by atoms with Crippen molar-refractivity contribution in [3.8, 4) is 0 Å². The molecule has 1 atom stereocenters. The van der Waals surface area contributed by atoms with Gasteiger partial charge in [0, 0.05) is 17.6 Å². The number of hydrogen-bond acceptors (Lipinski definition) is 3. The molecule has 24 heavy (non-hydrogen) atoms. The molecule has 2 aromatic rings. The maximum Gasteiger partial charge on any atom is 0.240 e. The van der Waals surface area contributed by atoms with Gasteiger partial charge in [-0.1, -0.05) is 29.8 Å². The van der Waals surface area contributed by atoms with Crippen molar-refractivity contribution in [2.24, 2.45) is 0 Å². The average molecular weight is 371 g/mol. The molecule has 0 heterocycles. The Kier molecular flexibility index (Phi) is 5.98. The van der Waals surface area contributed by atoms with E-state index in [0.717, 1.165) is 11.6 Å². The first kappa shape index (κ1) is 18.9. The van der Waals surface area contributed by atoms with Gasteiger partial charge in [0.2, 0.25) is 10.0 Å². The van der Waals surface area contributed by atoms with Gasteiger partial charge in [0.1, 0.15) is 5.82 Å². The first-order valence-corrected chi connectivity index (χ1v) is 9.25. The molecule has 0 aliphatic heterocycles. The van der Waals surface area contributed by atoms with Crippen molar-refractivity contribution < 1.29 is 12.8 Å². The van der Waals surface area contributed by atoms with Crippen LogP contribution in [0.2, 0.25) is 5.02 Å². The van der Waals surface area contributed by atoms with Crippen molar-refractivity contribution in [1.29, 1.82) is 0 Å². The van der Waals surface area contributed by atoms with Crippen molar-refractivity contribution in [2.45, 2.75) is 17.9 Å². The summed E-state index contributed by atoms with van der Waals surface area (Å²) in [6, 6.07) is 10.7. The van der Waals surface area contributed by atoms with Crippen LogP contribution in [0.5, 0.6) is 0 Å². The summed E-state index contributed by atoms with van der Waals surface area (Å²) in [4.78, 5) is 1.96. The second-order valence-electron chi connectivity index (χ2n) is 5.76. The summed E-state index contributed by atoms with van der Waals surface area (Å²) in [5, 5.41) is 0.577. The lowest BCUT2D eigenvalue weighted by molar-refractivity contribution is 0.299. The number of halogens is 2. The SMILES string of the molecule is Cc1cc(F)ccc1S(=O)(=O)NCC(c1ccccc1Cl)N(C)C. The highest BCUT2D eigenvalue weighted by molar-refractivity contribution is 7.89. The highest BCUT2D eigenvalue weighted by Gasteiger charge is 2.22. The standard InChI is InChI=1S/C17H20ClFN2O2S/c1-12-10-13(19)8-9-17(12)24(22,23)20-11-16(21(2)3)14-6-4-5-7-15(14)18/h4-10,16,20H,11H2,1-3H3. The Morgan fingerprint density at radius 1 is 1.21 bits per heavy atom. The molecule has 0 saturated carbocycles. The topological polar surface area (TPSA) is 49.4 Å². The predicted molar refractivity (Wildman–Crippen MR) is 94.2 cm³/mol. The Labute approximate surface area is 147 Å². The molecule has 0 bridgehead atoms. The highest BCUT2D eigenvalue weighted by atomic mass is 35.5. The van der Waals surface area contributed by atoms with Gasteiger partial charge >= 0.3 is 0 Å². The van der Waals surface area contributed by atoms with Crippen LogP contribution in [0.1, 0.15) is 17.2 Å². The zero-order chi connectivity index (χ0) is 17.9. The molecule has 2 rings (SSSR count). The van der Waals surface area contributed by atoms with Gasteiger partial charge in [-0.15, -0.1) is 0 Å². The number of hydrogen-bond donors (Lipinski definition) is 1. The van der Waals surface area contributed by atoms with E-state index in [0.29, 0.717) is 10.6 Å². The Morgan fingerprint density at radius 2 is 1.88 bits per heavy atom. The lowest BCUT2D eigenvalue weighted by Gasteiger charge is -2.26. The van der Waals surface area contributed by atoms with Crippen molar-refractivity contribution in [1.82, 2.24) is 9.62 Å². The molecule has 4 nitrogen and oxygen atoms in total. The van der Waals surface area contributed by atoms with Crippen LogP contribution in [0.15, 0.2) is 47.4 Å². The molecule has 0 spiro atoms. The third-order valence-electron chi connectivity index (χ3n) is 3.78. The van der Waals surface area contributed by atoms with Crippen LogP contribution >= 0.6 is 11.6 Å². The molecule has 2 aromatic carbocycles. The largest absolute Gasteiger partial charge is 0.301 e. The minimum Gasteiger partial charge on any atom is -0.301 e. The van der Waals surface area contributed by atoms with Crippen molar-refractivity contribution in [3.63, 3.8) is 0 Å². The summed E-state index contributed by atoms with van der Waals surface area (Å²) in [7, 11) is -0.0383. The summed E-state index contributed by atoms with van der Waals surface area (Å²) in [6.45, 7) is 1.71. The van der Waals surface area contributed by atoms with Gasteiger partial charge < -0.3 is 4.90 Å². The maximum atomic E-state index is 13.2. The van der Waals surface area contributed by atoms with Crippen LogP contribution in [0, 0.1) is 12.7 Å². The number of likely N-dealkylation sites (N-methyl/N-ethyl adjacent to an activating group) is 1. The molecule has 1 N–H and O–H groups in total. The van der Waals surface area contributed by atoms with Crippen LogP contribution in [-0.2, 0) is 10.0 Å². The summed E-state index contributed by atoms with van der Waals surface area (Å²) in [6.07, 6.45) is 0. The summed E-state index contributed by atoms with van der Waals surface area (Å²) in [5.41, 5.74) is 1.20. The zero-order valence-electron chi connectivity index (χ0n) is 13.8. The summed E-state index contributed by atoms with van der Waals surface area (Å²) in [5.74, 6) is -0.464. The van der Waals surface area contributed by atoms with Crippen LogP contribution < -0.4 is 4.72 Å².